The molecule has 1 aliphatic carbocycles. The summed E-state index contributed by atoms with van der Waals surface area (Å²) in [5.74, 6) is 1.46. The van der Waals surface area contributed by atoms with Crippen LogP contribution in [0.2, 0.25) is 0 Å². The van der Waals surface area contributed by atoms with Crippen molar-refractivity contribution in [3.63, 3.8) is 0 Å². The van der Waals surface area contributed by atoms with Gasteiger partial charge < -0.3 is 14.6 Å². The average molecular weight is 391 g/mol. The Bertz CT molecular complexity index is 848. The number of allylic oxidation sites excluding steroid dienone is 1. The highest BCUT2D eigenvalue weighted by Crippen LogP contribution is 2.35. The highest BCUT2D eigenvalue weighted by molar-refractivity contribution is 5.50. The fourth-order valence-electron chi connectivity index (χ4n) is 4.60. The van der Waals surface area contributed by atoms with Crippen LogP contribution < -0.4 is 5.32 Å². The standard InChI is InChI=1S/C26H34N2O/c1-4-23-10-5-19(2)15-25(23)24-11-13-28(16-21-8-9-21)17-26(24)27-20(3)6-7-22-12-14-29-18-22/h5-7,10,12,14-15,18,21,24,26-27H,3-4,8-9,11,13,16-17H2,1-2H3/b7-6-. The predicted octanol–water partition coefficient (Wildman–Crippen LogP) is 5.54. The van der Waals surface area contributed by atoms with E-state index in [1.165, 1.54) is 49.0 Å². The molecule has 1 saturated heterocycles. The van der Waals surface area contributed by atoms with Gasteiger partial charge in [0.15, 0.2) is 0 Å². The lowest BCUT2D eigenvalue weighted by atomic mass is 9.81. The van der Waals surface area contributed by atoms with Gasteiger partial charge in [-0.05, 0) is 74.4 Å². The van der Waals surface area contributed by atoms with Crippen molar-refractivity contribution in [3.8, 4) is 0 Å². The normalized spacial score (nSPS) is 22.8. The Morgan fingerprint density at radius 1 is 1.28 bits per heavy atom. The molecule has 1 aromatic carbocycles. The van der Waals surface area contributed by atoms with Crippen LogP contribution in [0.1, 0.15) is 54.4 Å². The van der Waals surface area contributed by atoms with Crippen LogP contribution in [0, 0.1) is 12.8 Å². The second kappa shape index (κ2) is 9.04. The van der Waals surface area contributed by atoms with Crippen LogP contribution in [0.5, 0.6) is 0 Å². The molecule has 29 heavy (non-hydrogen) atoms. The molecule has 154 valence electrons. The molecule has 3 nitrogen and oxygen atoms in total. The lowest BCUT2D eigenvalue weighted by molar-refractivity contribution is 0.171. The molecule has 0 radical (unpaired) electrons. The molecule has 2 aliphatic rings. The summed E-state index contributed by atoms with van der Waals surface area (Å²) in [7, 11) is 0. The van der Waals surface area contributed by atoms with Crippen LogP contribution in [0.3, 0.4) is 0 Å². The van der Waals surface area contributed by atoms with Gasteiger partial charge in [-0.25, -0.2) is 0 Å². The Morgan fingerprint density at radius 3 is 2.86 bits per heavy atom. The van der Waals surface area contributed by atoms with Crippen LogP contribution in [0.15, 0.2) is 59.6 Å². The molecule has 2 heterocycles. The summed E-state index contributed by atoms with van der Waals surface area (Å²) >= 11 is 0. The molecule has 1 aliphatic heterocycles. The molecule has 2 fully saturated rings. The third kappa shape index (κ3) is 5.22. The molecule has 0 amide bonds. The minimum absolute atomic E-state index is 0.385. The molecule has 1 saturated carbocycles. The van der Waals surface area contributed by atoms with Gasteiger partial charge in [-0.1, -0.05) is 37.3 Å². The van der Waals surface area contributed by atoms with E-state index in [1.54, 1.807) is 12.5 Å². The Kier molecular flexibility index (Phi) is 6.25. The van der Waals surface area contributed by atoms with Crippen molar-refractivity contribution in [2.75, 3.05) is 19.6 Å². The molecular formula is C26H34N2O. The second-order valence-electron chi connectivity index (χ2n) is 8.82. The summed E-state index contributed by atoms with van der Waals surface area (Å²) < 4.78 is 5.16. The predicted molar refractivity (Wildman–Crippen MR) is 121 cm³/mol. The van der Waals surface area contributed by atoms with E-state index in [1.807, 2.05) is 6.07 Å². The molecule has 2 atom stereocenters. The van der Waals surface area contributed by atoms with Crippen molar-refractivity contribution >= 4 is 6.08 Å². The van der Waals surface area contributed by atoms with E-state index in [0.29, 0.717) is 12.0 Å². The Balaban J connectivity index is 1.52. The zero-order valence-electron chi connectivity index (χ0n) is 17.9. The van der Waals surface area contributed by atoms with Gasteiger partial charge >= 0.3 is 0 Å². The Labute approximate surface area is 175 Å². The molecule has 4 rings (SSSR count). The van der Waals surface area contributed by atoms with Gasteiger partial charge in [-0.2, -0.15) is 0 Å². The van der Waals surface area contributed by atoms with E-state index in [9.17, 15) is 0 Å². The summed E-state index contributed by atoms with van der Waals surface area (Å²) in [6.07, 6.45) is 12.7. The second-order valence-corrected chi connectivity index (χ2v) is 8.82. The van der Waals surface area contributed by atoms with Gasteiger partial charge in [0.1, 0.15) is 0 Å². The molecule has 1 N–H and O–H groups in total. The number of hydrogen-bond donors (Lipinski definition) is 1. The molecule has 2 aromatic rings. The maximum absolute atomic E-state index is 5.16. The van der Waals surface area contributed by atoms with E-state index in [2.05, 4.69) is 61.0 Å². The number of piperidine rings is 1. The topological polar surface area (TPSA) is 28.4 Å². The minimum atomic E-state index is 0.385. The monoisotopic (exact) mass is 390 g/mol. The van der Waals surface area contributed by atoms with E-state index < -0.39 is 0 Å². The molecule has 2 unspecified atom stereocenters. The number of hydrogen-bond acceptors (Lipinski definition) is 3. The zero-order chi connectivity index (χ0) is 20.2. The van der Waals surface area contributed by atoms with E-state index in [4.69, 9.17) is 4.42 Å². The highest BCUT2D eigenvalue weighted by Gasteiger charge is 2.34. The van der Waals surface area contributed by atoms with Crippen LogP contribution in [0.25, 0.3) is 6.08 Å². The zero-order valence-corrected chi connectivity index (χ0v) is 17.9. The summed E-state index contributed by atoms with van der Waals surface area (Å²) in [5, 5.41) is 3.77. The first-order valence-electron chi connectivity index (χ1n) is 11.1. The van der Waals surface area contributed by atoms with Crippen molar-refractivity contribution in [2.45, 2.75) is 51.5 Å². The number of aryl methyl sites for hydroxylation is 2. The number of nitrogens with zero attached hydrogens (tertiary/aromatic N) is 1. The number of nitrogens with one attached hydrogen (secondary N) is 1. The van der Waals surface area contributed by atoms with Gasteiger partial charge in [-0.3, -0.25) is 0 Å². The average Bonchev–Trinajstić information content (AvgIpc) is 3.37. The molecule has 0 bridgehead atoms. The first-order valence-corrected chi connectivity index (χ1v) is 11.1. The number of benzene rings is 1. The Morgan fingerprint density at radius 2 is 2.14 bits per heavy atom. The highest BCUT2D eigenvalue weighted by atomic mass is 16.3. The molecule has 1 aromatic heterocycles. The lowest BCUT2D eigenvalue weighted by Gasteiger charge is -2.40. The quantitative estimate of drug-likeness (QED) is 0.600. The van der Waals surface area contributed by atoms with Gasteiger partial charge in [0.25, 0.3) is 0 Å². The summed E-state index contributed by atoms with van der Waals surface area (Å²) in [5.41, 5.74) is 6.41. The smallest absolute Gasteiger partial charge is 0.0974 e. The Hall–Kier alpha value is -2.26. The van der Waals surface area contributed by atoms with Crippen molar-refractivity contribution in [2.24, 2.45) is 5.92 Å². The maximum atomic E-state index is 5.16. The SMILES string of the molecule is C=C(/C=C\c1ccoc1)NC1CN(CC2CC2)CCC1c1cc(C)ccc1CC. The van der Waals surface area contributed by atoms with Gasteiger partial charge in [-0.15, -0.1) is 0 Å². The fraction of sp³-hybridized carbons (Fsp3) is 0.462. The summed E-state index contributed by atoms with van der Waals surface area (Å²) in [4.78, 5) is 2.67. The number of likely N-dealkylation sites (tertiary alicyclic amines) is 1. The van der Waals surface area contributed by atoms with E-state index in [-0.39, 0.29) is 0 Å². The van der Waals surface area contributed by atoms with Crippen LogP contribution >= 0.6 is 0 Å². The van der Waals surface area contributed by atoms with Crippen LogP contribution in [-0.2, 0) is 6.42 Å². The van der Waals surface area contributed by atoms with Crippen molar-refractivity contribution < 1.29 is 4.42 Å². The summed E-state index contributed by atoms with van der Waals surface area (Å²) in [6, 6.07) is 9.34. The molecular weight excluding hydrogens is 356 g/mol. The van der Waals surface area contributed by atoms with E-state index >= 15 is 0 Å². The molecule has 3 heteroatoms. The lowest BCUT2D eigenvalue weighted by Crippen LogP contribution is -2.50. The first-order chi connectivity index (χ1) is 14.1. The third-order valence-electron chi connectivity index (χ3n) is 6.38. The van der Waals surface area contributed by atoms with E-state index in [0.717, 1.165) is 30.1 Å². The first kappa shape index (κ1) is 20.0. The van der Waals surface area contributed by atoms with Gasteiger partial charge in [0.05, 0.1) is 12.5 Å². The number of rotatable bonds is 8. The molecule has 0 spiro atoms. The summed E-state index contributed by atoms with van der Waals surface area (Å²) in [6.45, 7) is 12.3. The maximum Gasteiger partial charge on any atom is 0.0974 e. The largest absolute Gasteiger partial charge is 0.472 e. The van der Waals surface area contributed by atoms with Gasteiger partial charge in [0, 0.05) is 36.3 Å². The van der Waals surface area contributed by atoms with Gasteiger partial charge in [0.2, 0.25) is 0 Å². The van der Waals surface area contributed by atoms with Crippen molar-refractivity contribution in [3.05, 3.63) is 77.4 Å². The van der Waals surface area contributed by atoms with Crippen LogP contribution in [-0.4, -0.2) is 30.6 Å². The third-order valence-corrected chi connectivity index (χ3v) is 6.38. The van der Waals surface area contributed by atoms with Crippen molar-refractivity contribution in [1.82, 2.24) is 10.2 Å². The van der Waals surface area contributed by atoms with Crippen molar-refractivity contribution in [1.29, 1.82) is 0 Å². The minimum Gasteiger partial charge on any atom is -0.472 e. The van der Waals surface area contributed by atoms with Crippen LogP contribution in [0.4, 0.5) is 0 Å². The fourth-order valence-corrected chi connectivity index (χ4v) is 4.60. The number of furan rings is 1.